The Labute approximate surface area is 141 Å². The minimum Gasteiger partial charge on any atom is -0.497 e. The second-order valence-corrected chi connectivity index (χ2v) is 5.14. The van der Waals surface area contributed by atoms with Crippen LogP contribution in [0.25, 0.3) is 6.08 Å². The SMILES string of the molecule is COc1cccc(NC(=O)COC(=O)/C=C/c2ccc(Br)o2)c1. The van der Waals surface area contributed by atoms with E-state index < -0.39 is 11.9 Å². The third-order valence-electron chi connectivity index (χ3n) is 2.68. The van der Waals surface area contributed by atoms with Gasteiger partial charge >= 0.3 is 5.97 Å². The third kappa shape index (κ3) is 5.63. The first kappa shape index (κ1) is 16.8. The summed E-state index contributed by atoms with van der Waals surface area (Å²) in [6.45, 7) is -0.387. The van der Waals surface area contributed by atoms with Crippen molar-refractivity contribution in [1.82, 2.24) is 0 Å². The first-order valence-corrected chi connectivity index (χ1v) is 7.40. The van der Waals surface area contributed by atoms with Gasteiger partial charge in [0.05, 0.1) is 7.11 Å². The van der Waals surface area contributed by atoms with Crippen molar-refractivity contribution in [3.8, 4) is 5.75 Å². The summed E-state index contributed by atoms with van der Waals surface area (Å²) in [4.78, 5) is 23.2. The number of hydrogen-bond donors (Lipinski definition) is 1. The van der Waals surface area contributed by atoms with Crippen molar-refractivity contribution in [3.63, 3.8) is 0 Å². The van der Waals surface area contributed by atoms with E-state index in [-0.39, 0.29) is 6.61 Å². The van der Waals surface area contributed by atoms with Crippen LogP contribution in [-0.4, -0.2) is 25.6 Å². The lowest BCUT2D eigenvalue weighted by atomic mass is 10.3. The van der Waals surface area contributed by atoms with Gasteiger partial charge in [-0.1, -0.05) is 6.07 Å². The van der Waals surface area contributed by atoms with Crippen LogP contribution in [0.3, 0.4) is 0 Å². The Kier molecular flexibility index (Phi) is 5.99. The molecule has 2 aromatic rings. The van der Waals surface area contributed by atoms with Crippen molar-refractivity contribution < 1.29 is 23.5 Å². The topological polar surface area (TPSA) is 77.8 Å². The van der Waals surface area contributed by atoms with Gasteiger partial charge in [0, 0.05) is 17.8 Å². The lowest BCUT2D eigenvalue weighted by Crippen LogP contribution is -2.20. The summed E-state index contributed by atoms with van der Waals surface area (Å²) in [5.41, 5.74) is 0.557. The Balaban J connectivity index is 1.79. The molecule has 1 aromatic heterocycles. The van der Waals surface area contributed by atoms with Gasteiger partial charge in [0.15, 0.2) is 11.3 Å². The number of ether oxygens (including phenoxy) is 2. The van der Waals surface area contributed by atoms with Crippen LogP contribution < -0.4 is 10.1 Å². The van der Waals surface area contributed by atoms with Crippen LogP contribution >= 0.6 is 15.9 Å². The highest BCUT2D eigenvalue weighted by Crippen LogP contribution is 2.16. The number of carbonyl (C=O) groups excluding carboxylic acids is 2. The normalized spacial score (nSPS) is 10.5. The summed E-state index contributed by atoms with van der Waals surface area (Å²) in [5.74, 6) is 0.0288. The van der Waals surface area contributed by atoms with Gasteiger partial charge in [0.1, 0.15) is 11.5 Å². The van der Waals surface area contributed by atoms with Gasteiger partial charge < -0.3 is 19.2 Å². The summed E-state index contributed by atoms with van der Waals surface area (Å²) in [7, 11) is 1.53. The summed E-state index contributed by atoms with van der Waals surface area (Å²) in [6.07, 6.45) is 2.64. The molecule has 1 aromatic carbocycles. The zero-order chi connectivity index (χ0) is 16.7. The number of nitrogens with one attached hydrogen (secondary N) is 1. The maximum absolute atomic E-state index is 11.7. The Morgan fingerprint density at radius 2 is 2.13 bits per heavy atom. The predicted octanol–water partition coefficient (Wildman–Crippen LogP) is 3.25. The summed E-state index contributed by atoms with van der Waals surface area (Å²) >= 11 is 3.15. The molecule has 6 nitrogen and oxygen atoms in total. The first-order valence-electron chi connectivity index (χ1n) is 6.61. The van der Waals surface area contributed by atoms with Crippen molar-refractivity contribution >= 4 is 39.6 Å². The van der Waals surface area contributed by atoms with Crippen LogP contribution in [0.2, 0.25) is 0 Å². The van der Waals surface area contributed by atoms with E-state index in [1.165, 1.54) is 19.3 Å². The van der Waals surface area contributed by atoms with E-state index in [9.17, 15) is 9.59 Å². The molecular weight excluding hydrogens is 366 g/mol. The van der Waals surface area contributed by atoms with Crippen LogP contribution in [0, 0.1) is 0 Å². The van der Waals surface area contributed by atoms with Gasteiger partial charge in [-0.2, -0.15) is 0 Å². The van der Waals surface area contributed by atoms with Crippen LogP contribution in [0.5, 0.6) is 5.75 Å². The summed E-state index contributed by atoms with van der Waals surface area (Å²) < 4.78 is 15.6. The van der Waals surface area contributed by atoms with E-state index in [1.807, 2.05) is 0 Å². The van der Waals surface area contributed by atoms with E-state index in [2.05, 4.69) is 21.2 Å². The summed E-state index contributed by atoms with van der Waals surface area (Å²) in [6, 6.07) is 10.2. The van der Waals surface area contributed by atoms with Crippen molar-refractivity contribution in [2.75, 3.05) is 19.0 Å². The smallest absolute Gasteiger partial charge is 0.331 e. The predicted molar refractivity (Wildman–Crippen MR) is 88.0 cm³/mol. The fourth-order valence-corrected chi connectivity index (χ4v) is 1.97. The van der Waals surface area contributed by atoms with E-state index >= 15 is 0 Å². The number of benzene rings is 1. The highest BCUT2D eigenvalue weighted by molar-refractivity contribution is 9.10. The molecule has 23 heavy (non-hydrogen) atoms. The highest BCUT2D eigenvalue weighted by Gasteiger charge is 2.06. The van der Waals surface area contributed by atoms with Crippen LogP contribution in [0.1, 0.15) is 5.76 Å². The van der Waals surface area contributed by atoms with Crippen LogP contribution in [-0.2, 0) is 14.3 Å². The molecule has 0 bridgehead atoms. The molecule has 0 unspecified atom stereocenters. The average Bonchev–Trinajstić information content (AvgIpc) is 2.96. The molecule has 120 valence electrons. The number of rotatable bonds is 6. The number of carbonyl (C=O) groups is 2. The molecule has 1 amide bonds. The Morgan fingerprint density at radius 1 is 1.30 bits per heavy atom. The lowest BCUT2D eigenvalue weighted by molar-refractivity contribution is -0.142. The molecule has 0 saturated carbocycles. The molecule has 0 saturated heterocycles. The minimum atomic E-state index is -0.640. The van der Waals surface area contributed by atoms with Gasteiger partial charge in [-0.05, 0) is 46.3 Å². The third-order valence-corrected chi connectivity index (χ3v) is 3.10. The first-order chi connectivity index (χ1) is 11.1. The standard InChI is InChI=1S/C16H14BrNO5/c1-21-13-4-2-3-11(9-13)18-15(19)10-22-16(20)8-6-12-5-7-14(17)23-12/h2-9H,10H2,1H3,(H,18,19)/b8-6+. The zero-order valence-corrected chi connectivity index (χ0v) is 13.8. The molecule has 1 N–H and O–H groups in total. The highest BCUT2D eigenvalue weighted by atomic mass is 79.9. The number of halogens is 1. The molecule has 2 rings (SSSR count). The van der Waals surface area contributed by atoms with Crippen molar-refractivity contribution in [1.29, 1.82) is 0 Å². The Morgan fingerprint density at radius 3 is 2.83 bits per heavy atom. The number of furan rings is 1. The lowest BCUT2D eigenvalue weighted by Gasteiger charge is -2.06. The van der Waals surface area contributed by atoms with Gasteiger partial charge in [0.2, 0.25) is 0 Å². The van der Waals surface area contributed by atoms with Gasteiger partial charge in [-0.25, -0.2) is 4.79 Å². The van der Waals surface area contributed by atoms with E-state index in [1.54, 1.807) is 36.4 Å². The number of hydrogen-bond acceptors (Lipinski definition) is 5. The molecule has 0 aliphatic carbocycles. The Bertz CT molecular complexity index is 723. The van der Waals surface area contributed by atoms with Crippen molar-refractivity contribution in [2.45, 2.75) is 0 Å². The molecular formula is C16H14BrNO5. The summed E-state index contributed by atoms with van der Waals surface area (Å²) in [5, 5.41) is 2.60. The second kappa shape index (κ2) is 8.19. The van der Waals surface area contributed by atoms with Crippen LogP contribution in [0.15, 0.2) is 51.6 Å². The van der Waals surface area contributed by atoms with Crippen molar-refractivity contribution in [2.24, 2.45) is 0 Å². The van der Waals surface area contributed by atoms with Gasteiger partial charge in [-0.15, -0.1) is 0 Å². The second-order valence-electron chi connectivity index (χ2n) is 4.36. The molecule has 0 atom stereocenters. The minimum absolute atomic E-state index is 0.387. The largest absolute Gasteiger partial charge is 0.497 e. The molecule has 0 radical (unpaired) electrons. The maximum atomic E-state index is 11.7. The molecule has 0 spiro atoms. The number of esters is 1. The van der Waals surface area contributed by atoms with E-state index in [4.69, 9.17) is 13.9 Å². The molecule has 1 heterocycles. The zero-order valence-electron chi connectivity index (χ0n) is 12.2. The van der Waals surface area contributed by atoms with Gasteiger partial charge in [-0.3, -0.25) is 4.79 Å². The van der Waals surface area contributed by atoms with E-state index in [0.717, 1.165) is 0 Å². The van der Waals surface area contributed by atoms with Crippen LogP contribution in [0.4, 0.5) is 5.69 Å². The fourth-order valence-electron chi connectivity index (χ4n) is 1.65. The molecule has 0 aliphatic rings. The Hall–Kier alpha value is -2.54. The maximum Gasteiger partial charge on any atom is 0.331 e. The number of amides is 1. The van der Waals surface area contributed by atoms with E-state index in [0.29, 0.717) is 21.9 Å². The van der Waals surface area contributed by atoms with Gasteiger partial charge in [0.25, 0.3) is 5.91 Å². The van der Waals surface area contributed by atoms with Crippen molar-refractivity contribution in [3.05, 3.63) is 52.9 Å². The fraction of sp³-hybridized carbons (Fsp3) is 0.125. The molecule has 0 fully saturated rings. The quantitative estimate of drug-likeness (QED) is 0.615. The molecule has 7 heteroatoms. The number of anilines is 1. The monoisotopic (exact) mass is 379 g/mol. The number of methoxy groups -OCH3 is 1. The average molecular weight is 380 g/mol. The molecule has 0 aliphatic heterocycles.